The van der Waals surface area contributed by atoms with Gasteiger partial charge < -0.3 is 25.0 Å². The standard InChI is InChI=1S/C38H47F2N5O8S/c1-22(2)52-35(49)42-27-14-8-6-4-5-7-11-23-19-38(23,34(48)44-54(50,51)36(3)17-18-36)43-32(46)28-20-37(21-45(28)33(27)47)16-15-25-24-12-9-10-13-26(24)41-29(31(39)40)30(25)53-37/h7,9-13,22-23,27-28,31H,4-6,8,14-21H2,1-3H3,(H,42,49)(H,43,46)(H,44,48)/b11-7-/t23-,27+,28+,37-,38-/m1/s1. The zero-order valence-corrected chi connectivity index (χ0v) is 31.5. The summed E-state index contributed by atoms with van der Waals surface area (Å²) in [6.45, 7) is 4.73. The van der Waals surface area contributed by atoms with Crippen LogP contribution in [0.15, 0.2) is 36.4 Å². The van der Waals surface area contributed by atoms with E-state index in [2.05, 4.69) is 20.3 Å². The van der Waals surface area contributed by atoms with E-state index in [4.69, 9.17) is 9.47 Å². The van der Waals surface area contributed by atoms with Crippen molar-refractivity contribution in [3.8, 4) is 5.75 Å². The van der Waals surface area contributed by atoms with E-state index in [9.17, 15) is 36.4 Å². The number of sulfonamides is 1. The number of hydrogen-bond acceptors (Lipinski definition) is 9. The Morgan fingerprint density at radius 3 is 2.57 bits per heavy atom. The molecule has 4 amide bonds. The van der Waals surface area contributed by atoms with Gasteiger partial charge in [-0.3, -0.25) is 19.1 Å². The summed E-state index contributed by atoms with van der Waals surface area (Å²) >= 11 is 0. The van der Waals surface area contributed by atoms with Crippen molar-refractivity contribution >= 4 is 44.7 Å². The lowest BCUT2D eigenvalue weighted by Gasteiger charge is -2.37. The van der Waals surface area contributed by atoms with Crippen molar-refractivity contribution in [1.29, 1.82) is 0 Å². The van der Waals surface area contributed by atoms with Gasteiger partial charge in [0.25, 0.3) is 12.3 Å². The normalized spacial score (nSPS) is 29.9. The molecule has 1 aromatic carbocycles. The molecule has 3 aliphatic heterocycles. The molecule has 0 unspecified atom stereocenters. The van der Waals surface area contributed by atoms with Crippen LogP contribution in [0.2, 0.25) is 0 Å². The zero-order chi connectivity index (χ0) is 38.6. The first kappa shape index (κ1) is 38.0. The lowest BCUT2D eigenvalue weighted by Crippen LogP contribution is -2.58. The highest BCUT2D eigenvalue weighted by atomic mass is 32.2. The molecule has 2 aromatic rings. The number of halogens is 2. The molecule has 1 saturated heterocycles. The Hall–Kier alpha value is -4.34. The van der Waals surface area contributed by atoms with Gasteiger partial charge >= 0.3 is 6.09 Å². The minimum atomic E-state index is -4.04. The van der Waals surface area contributed by atoms with Crippen molar-refractivity contribution in [3.05, 3.63) is 47.7 Å². The molecule has 3 fully saturated rings. The van der Waals surface area contributed by atoms with Gasteiger partial charge in [0, 0.05) is 23.3 Å². The van der Waals surface area contributed by atoms with Crippen LogP contribution < -0.4 is 20.1 Å². The quantitative estimate of drug-likeness (QED) is 0.351. The number of benzene rings is 1. The SMILES string of the molecule is CC(C)OC(=O)N[C@H]1CCCCC/C=C\[C@@H]2C[C@@]2(C(=O)NS(=O)(=O)C2(C)CC2)NC(=O)[C@@H]2C[C@]3(CCc4c(c(C(F)F)nc5ccccc45)O3)CN2C1=O. The molecular weight excluding hydrogens is 725 g/mol. The maximum absolute atomic E-state index is 14.6. The van der Waals surface area contributed by atoms with E-state index in [1.54, 1.807) is 45.0 Å². The Morgan fingerprint density at radius 2 is 1.85 bits per heavy atom. The summed E-state index contributed by atoms with van der Waals surface area (Å²) in [5, 5.41) is 6.18. The second-order valence-corrected chi connectivity index (χ2v) is 18.2. The number of hydrogen-bond donors (Lipinski definition) is 3. The number of pyridine rings is 1. The molecule has 3 N–H and O–H groups in total. The number of nitrogens with zero attached hydrogens (tertiary/aromatic N) is 2. The topological polar surface area (TPSA) is 173 Å². The Bertz CT molecular complexity index is 2010. The molecule has 2 aliphatic carbocycles. The number of para-hydroxylation sites is 1. The number of alkyl halides is 2. The summed E-state index contributed by atoms with van der Waals surface area (Å²) in [7, 11) is -4.04. The summed E-state index contributed by atoms with van der Waals surface area (Å²) in [5.41, 5.74) is -2.47. The molecular formula is C38H47F2N5O8S. The first-order chi connectivity index (χ1) is 25.6. The van der Waals surface area contributed by atoms with Crippen LogP contribution in [0.25, 0.3) is 10.9 Å². The van der Waals surface area contributed by atoms with Crippen molar-refractivity contribution in [2.75, 3.05) is 6.54 Å². The molecule has 5 aliphatic rings. The number of ether oxygens (including phenoxy) is 2. The zero-order valence-electron chi connectivity index (χ0n) is 30.7. The maximum atomic E-state index is 14.6. The summed E-state index contributed by atoms with van der Waals surface area (Å²) in [5.74, 6) is -2.75. The highest BCUT2D eigenvalue weighted by Crippen LogP contribution is 2.49. The second-order valence-electron chi connectivity index (χ2n) is 16.0. The van der Waals surface area contributed by atoms with Crippen molar-refractivity contribution in [3.63, 3.8) is 0 Å². The number of aryl methyl sites for hydroxylation is 1. The van der Waals surface area contributed by atoms with Gasteiger partial charge in [0.05, 0.1) is 22.9 Å². The smallest absolute Gasteiger partial charge is 0.408 e. The van der Waals surface area contributed by atoms with Gasteiger partial charge in [-0.25, -0.2) is 27.0 Å². The van der Waals surface area contributed by atoms with Crippen molar-refractivity contribution in [1.82, 2.24) is 25.2 Å². The van der Waals surface area contributed by atoms with E-state index in [0.717, 1.165) is 6.42 Å². The van der Waals surface area contributed by atoms with Crippen LogP contribution in [-0.4, -0.2) is 82.7 Å². The fraction of sp³-hybridized carbons (Fsp3) is 0.605. The average molecular weight is 772 g/mol. The Balaban J connectivity index is 1.25. The number of nitrogens with one attached hydrogen (secondary N) is 3. The fourth-order valence-corrected chi connectivity index (χ4v) is 9.36. The average Bonchev–Trinajstić information content (AvgIpc) is 4.00. The molecule has 7 rings (SSSR count). The Morgan fingerprint density at radius 1 is 1.09 bits per heavy atom. The molecule has 2 saturated carbocycles. The van der Waals surface area contributed by atoms with E-state index in [0.29, 0.717) is 55.0 Å². The Labute approximate surface area is 313 Å². The van der Waals surface area contributed by atoms with Crippen molar-refractivity contribution < 1.29 is 45.9 Å². The second kappa shape index (κ2) is 14.1. The van der Waals surface area contributed by atoms with E-state index < -0.39 is 85.9 Å². The lowest BCUT2D eigenvalue weighted by atomic mass is 9.87. The number of amides is 4. The van der Waals surface area contributed by atoms with Gasteiger partial charge in [-0.1, -0.05) is 43.2 Å². The fourth-order valence-electron chi connectivity index (χ4n) is 8.04. The predicted octanol–water partition coefficient (Wildman–Crippen LogP) is 4.73. The van der Waals surface area contributed by atoms with E-state index in [1.165, 1.54) is 4.90 Å². The lowest BCUT2D eigenvalue weighted by molar-refractivity contribution is -0.141. The molecule has 4 heterocycles. The van der Waals surface area contributed by atoms with Crippen LogP contribution in [0.5, 0.6) is 5.75 Å². The molecule has 54 heavy (non-hydrogen) atoms. The molecule has 0 bridgehead atoms. The predicted molar refractivity (Wildman–Crippen MR) is 193 cm³/mol. The van der Waals surface area contributed by atoms with Gasteiger partial charge in [0.2, 0.25) is 21.8 Å². The van der Waals surface area contributed by atoms with Crippen LogP contribution in [0.4, 0.5) is 13.6 Å². The number of allylic oxidation sites excluding steroid dienone is 1. The minimum Gasteiger partial charge on any atom is -0.483 e. The van der Waals surface area contributed by atoms with Gasteiger partial charge in [0.15, 0.2) is 5.75 Å². The van der Waals surface area contributed by atoms with Crippen LogP contribution in [-0.2, 0) is 35.6 Å². The third kappa shape index (κ3) is 7.13. The van der Waals surface area contributed by atoms with Crippen molar-refractivity contribution in [2.45, 2.75) is 132 Å². The number of carbonyl (C=O) groups is 4. The van der Waals surface area contributed by atoms with E-state index >= 15 is 0 Å². The van der Waals surface area contributed by atoms with Crippen LogP contribution in [0.1, 0.15) is 103 Å². The van der Waals surface area contributed by atoms with Gasteiger partial charge in [-0.15, -0.1) is 0 Å². The molecule has 1 aromatic heterocycles. The largest absolute Gasteiger partial charge is 0.483 e. The summed E-state index contributed by atoms with van der Waals surface area (Å²) < 4.78 is 68.4. The van der Waals surface area contributed by atoms with Crippen molar-refractivity contribution in [2.24, 2.45) is 5.92 Å². The van der Waals surface area contributed by atoms with Gasteiger partial charge in [-0.05, 0) is 78.2 Å². The maximum Gasteiger partial charge on any atom is 0.408 e. The van der Waals surface area contributed by atoms with Crippen LogP contribution in [0, 0.1) is 5.92 Å². The van der Waals surface area contributed by atoms with E-state index in [-0.39, 0.29) is 38.0 Å². The van der Waals surface area contributed by atoms with Gasteiger partial charge in [-0.2, -0.15) is 0 Å². The molecule has 5 atom stereocenters. The minimum absolute atomic E-state index is 0.0808. The molecule has 13 nitrogen and oxygen atoms in total. The Kier molecular flexibility index (Phi) is 9.88. The molecule has 1 spiro atoms. The third-order valence-corrected chi connectivity index (χ3v) is 13.7. The number of alkyl carbamates (subject to hydrolysis) is 1. The van der Waals surface area contributed by atoms with Gasteiger partial charge in [0.1, 0.15) is 28.9 Å². The third-order valence-electron chi connectivity index (χ3n) is 11.6. The highest BCUT2D eigenvalue weighted by Gasteiger charge is 2.64. The summed E-state index contributed by atoms with van der Waals surface area (Å²) in [6.07, 6.45) is 3.82. The molecule has 16 heteroatoms. The monoisotopic (exact) mass is 771 g/mol. The number of fused-ring (bicyclic) bond motifs is 5. The van der Waals surface area contributed by atoms with E-state index in [1.807, 2.05) is 12.2 Å². The number of rotatable bonds is 6. The highest BCUT2D eigenvalue weighted by molar-refractivity contribution is 7.91. The number of carbonyl (C=O) groups excluding carboxylic acids is 4. The van der Waals surface area contributed by atoms with Crippen LogP contribution in [0.3, 0.4) is 0 Å². The van der Waals surface area contributed by atoms with Crippen LogP contribution >= 0.6 is 0 Å². The first-order valence-electron chi connectivity index (χ1n) is 18.8. The first-order valence-corrected chi connectivity index (χ1v) is 20.3. The summed E-state index contributed by atoms with van der Waals surface area (Å²) in [4.78, 5) is 61.4. The molecule has 0 radical (unpaired) electrons. The molecule has 292 valence electrons. The number of aromatic nitrogens is 1. The summed E-state index contributed by atoms with van der Waals surface area (Å²) in [6, 6.07) is 4.59.